The van der Waals surface area contributed by atoms with E-state index in [1.807, 2.05) is 0 Å². The lowest BCUT2D eigenvalue weighted by molar-refractivity contribution is -0.137. The molecule has 0 bridgehead atoms. The molecule has 1 aromatic heterocycles. The fourth-order valence-electron chi connectivity index (χ4n) is 1.10. The van der Waals surface area contributed by atoms with Gasteiger partial charge in [-0.05, 0) is 11.2 Å². The van der Waals surface area contributed by atoms with E-state index >= 15 is 0 Å². The van der Waals surface area contributed by atoms with Crippen LogP contribution in [0.1, 0.15) is 11.1 Å². The molecule has 0 fully saturated rings. The number of hydrogen-bond acceptors (Lipinski definition) is 4. The maximum atomic E-state index is 12.4. The van der Waals surface area contributed by atoms with Crippen molar-refractivity contribution in [3.05, 3.63) is 32.5 Å². The van der Waals surface area contributed by atoms with Gasteiger partial charge < -0.3 is 0 Å². The van der Waals surface area contributed by atoms with Gasteiger partial charge in [0.05, 0.1) is 5.56 Å². The third-order valence-electron chi connectivity index (χ3n) is 1.92. The first kappa shape index (κ1) is 11.9. The smallest absolute Gasteiger partial charge is 0.292 e. The van der Waals surface area contributed by atoms with Crippen LogP contribution in [0.15, 0.2) is 16.0 Å². The predicted molar refractivity (Wildman–Crippen MR) is 46.9 cm³/mol. The predicted octanol–water partition coefficient (Wildman–Crippen LogP) is 1.67. The molecule has 0 aromatic carbocycles. The first-order valence-electron chi connectivity index (χ1n) is 3.87. The molecular weight excluding hydrogens is 227 g/mol. The van der Waals surface area contributed by atoms with Gasteiger partial charge in [0, 0.05) is 7.05 Å². The van der Waals surface area contributed by atoms with Gasteiger partial charge in [0.2, 0.25) is 0 Å². The van der Waals surface area contributed by atoms with Gasteiger partial charge in [0.1, 0.15) is 11.6 Å². The van der Waals surface area contributed by atoms with Crippen LogP contribution in [-0.2, 0) is 13.2 Å². The lowest BCUT2D eigenvalue weighted by Crippen LogP contribution is -2.24. The summed E-state index contributed by atoms with van der Waals surface area (Å²) >= 11 is 0. The highest BCUT2D eigenvalue weighted by Gasteiger charge is 2.36. The molecule has 0 unspecified atom stereocenters. The second kappa shape index (κ2) is 3.77. The van der Waals surface area contributed by atoms with E-state index in [4.69, 9.17) is 5.26 Å². The maximum Gasteiger partial charge on any atom is 0.418 e. The standard InChI is InChI=1S/C8H4F3N3O2/c1-14-6(13-16)2-5(8(9,10)11)4(3-12)7(14)15/h2H,1H3. The topological polar surface area (TPSA) is 75.2 Å². The molecule has 1 heterocycles. The number of aromatic nitrogens is 1. The van der Waals surface area contributed by atoms with Crippen LogP contribution in [0.3, 0.4) is 0 Å². The lowest BCUT2D eigenvalue weighted by atomic mass is 10.1. The third-order valence-corrected chi connectivity index (χ3v) is 1.92. The Morgan fingerprint density at radius 1 is 1.50 bits per heavy atom. The first-order chi connectivity index (χ1) is 7.32. The van der Waals surface area contributed by atoms with Crippen molar-refractivity contribution in [2.24, 2.45) is 12.2 Å². The maximum absolute atomic E-state index is 12.4. The molecule has 0 amide bonds. The van der Waals surface area contributed by atoms with Crippen molar-refractivity contribution in [3.63, 3.8) is 0 Å². The molecule has 84 valence electrons. The van der Waals surface area contributed by atoms with E-state index in [-0.39, 0.29) is 0 Å². The van der Waals surface area contributed by atoms with E-state index in [2.05, 4.69) is 5.18 Å². The van der Waals surface area contributed by atoms with Crippen molar-refractivity contribution in [3.8, 4) is 6.07 Å². The number of nitriles is 1. The van der Waals surface area contributed by atoms with Gasteiger partial charge in [-0.1, -0.05) is 0 Å². The zero-order valence-corrected chi connectivity index (χ0v) is 7.87. The number of halogens is 3. The van der Waals surface area contributed by atoms with E-state index in [0.29, 0.717) is 10.6 Å². The summed E-state index contributed by atoms with van der Waals surface area (Å²) in [5.74, 6) is -0.684. The summed E-state index contributed by atoms with van der Waals surface area (Å²) in [4.78, 5) is 21.5. The summed E-state index contributed by atoms with van der Waals surface area (Å²) < 4.78 is 37.8. The molecule has 0 aliphatic rings. The molecule has 0 aliphatic heterocycles. The molecule has 0 saturated carbocycles. The lowest BCUT2D eigenvalue weighted by Gasteiger charge is -2.10. The van der Waals surface area contributed by atoms with Crippen molar-refractivity contribution >= 4 is 5.82 Å². The van der Waals surface area contributed by atoms with Crippen LogP contribution in [0.25, 0.3) is 0 Å². The second-order valence-electron chi connectivity index (χ2n) is 2.86. The molecule has 16 heavy (non-hydrogen) atoms. The van der Waals surface area contributed by atoms with Crippen molar-refractivity contribution in [2.45, 2.75) is 6.18 Å². The summed E-state index contributed by atoms with van der Waals surface area (Å²) in [5.41, 5.74) is -3.71. The molecule has 0 spiro atoms. The van der Waals surface area contributed by atoms with Crippen LogP contribution in [0.4, 0.5) is 19.0 Å². The Balaban J connectivity index is 3.77. The van der Waals surface area contributed by atoms with Gasteiger partial charge in [0.25, 0.3) is 5.56 Å². The molecule has 8 heteroatoms. The quantitative estimate of drug-likeness (QED) is 0.690. The van der Waals surface area contributed by atoms with Crippen molar-refractivity contribution in [1.82, 2.24) is 4.57 Å². The molecule has 1 rings (SSSR count). The fourth-order valence-corrected chi connectivity index (χ4v) is 1.10. The summed E-state index contributed by atoms with van der Waals surface area (Å²) in [5, 5.41) is 10.8. The Morgan fingerprint density at radius 3 is 2.44 bits per heavy atom. The summed E-state index contributed by atoms with van der Waals surface area (Å²) in [7, 11) is 1.06. The Morgan fingerprint density at radius 2 is 2.06 bits per heavy atom. The average Bonchev–Trinajstić information content (AvgIpc) is 2.20. The van der Waals surface area contributed by atoms with Gasteiger partial charge in [-0.3, -0.25) is 9.36 Å². The molecule has 0 N–H and O–H groups in total. The SMILES string of the molecule is Cn1c(N=O)cc(C(F)(F)F)c(C#N)c1=O. The molecule has 0 atom stereocenters. The van der Waals surface area contributed by atoms with E-state index in [9.17, 15) is 22.9 Å². The average molecular weight is 231 g/mol. The Bertz CT molecular complexity index is 539. The minimum Gasteiger partial charge on any atom is -0.292 e. The molecule has 0 saturated heterocycles. The van der Waals surface area contributed by atoms with E-state index in [1.54, 1.807) is 0 Å². The van der Waals surface area contributed by atoms with Crippen molar-refractivity contribution < 1.29 is 13.2 Å². The Hall–Kier alpha value is -2.17. The highest BCUT2D eigenvalue weighted by molar-refractivity contribution is 5.45. The zero-order chi connectivity index (χ0) is 12.5. The van der Waals surface area contributed by atoms with Crippen LogP contribution in [0.2, 0.25) is 0 Å². The number of rotatable bonds is 1. The molecule has 0 aliphatic carbocycles. The number of pyridine rings is 1. The van der Waals surface area contributed by atoms with E-state index in [0.717, 1.165) is 7.05 Å². The van der Waals surface area contributed by atoms with Crippen molar-refractivity contribution in [2.75, 3.05) is 0 Å². The minimum absolute atomic E-state index is 0.368. The first-order valence-corrected chi connectivity index (χ1v) is 3.87. The van der Waals surface area contributed by atoms with Gasteiger partial charge >= 0.3 is 6.18 Å². The van der Waals surface area contributed by atoms with Crippen molar-refractivity contribution in [1.29, 1.82) is 5.26 Å². The fraction of sp³-hybridized carbons (Fsp3) is 0.250. The van der Waals surface area contributed by atoms with Crippen LogP contribution in [0.5, 0.6) is 0 Å². The van der Waals surface area contributed by atoms with Crippen LogP contribution in [0, 0.1) is 16.2 Å². The number of nitrogens with zero attached hydrogens (tertiary/aromatic N) is 3. The van der Waals surface area contributed by atoms with Gasteiger partial charge in [-0.25, -0.2) is 0 Å². The molecule has 1 aromatic rings. The minimum atomic E-state index is -4.88. The second-order valence-corrected chi connectivity index (χ2v) is 2.86. The van der Waals surface area contributed by atoms with Gasteiger partial charge in [-0.2, -0.15) is 18.4 Å². The number of nitroso groups, excluding NO2 is 1. The summed E-state index contributed by atoms with van der Waals surface area (Å²) in [6.07, 6.45) is -4.88. The third kappa shape index (κ3) is 1.79. The normalized spacial score (nSPS) is 10.9. The summed E-state index contributed by atoms with van der Waals surface area (Å²) in [6.45, 7) is 0. The largest absolute Gasteiger partial charge is 0.418 e. The highest BCUT2D eigenvalue weighted by Crippen LogP contribution is 2.32. The number of alkyl halides is 3. The van der Waals surface area contributed by atoms with Crippen LogP contribution >= 0.6 is 0 Å². The Kier molecular flexibility index (Phi) is 2.80. The monoisotopic (exact) mass is 231 g/mol. The molecule has 5 nitrogen and oxygen atoms in total. The zero-order valence-electron chi connectivity index (χ0n) is 7.87. The van der Waals surface area contributed by atoms with Gasteiger partial charge in [-0.15, -0.1) is 4.91 Å². The molecular formula is C8H4F3N3O2. The summed E-state index contributed by atoms with van der Waals surface area (Å²) in [6, 6.07) is 1.53. The molecule has 0 radical (unpaired) electrons. The van der Waals surface area contributed by atoms with E-state index < -0.39 is 28.7 Å². The van der Waals surface area contributed by atoms with Gasteiger partial charge in [0.15, 0.2) is 5.82 Å². The van der Waals surface area contributed by atoms with Crippen LogP contribution in [-0.4, -0.2) is 4.57 Å². The van der Waals surface area contributed by atoms with Crippen LogP contribution < -0.4 is 5.56 Å². The Labute approximate surface area is 86.7 Å². The number of hydrogen-bond donors (Lipinski definition) is 0. The van der Waals surface area contributed by atoms with E-state index in [1.165, 1.54) is 6.07 Å². The highest BCUT2D eigenvalue weighted by atomic mass is 19.4.